The van der Waals surface area contributed by atoms with Gasteiger partial charge in [-0.05, 0) is 49.1 Å². The van der Waals surface area contributed by atoms with E-state index >= 15 is 0 Å². The highest BCUT2D eigenvalue weighted by Gasteiger charge is 2.45. The molecule has 2 nitrogen and oxygen atoms in total. The van der Waals surface area contributed by atoms with Crippen LogP contribution in [-0.4, -0.2) is 18.2 Å². The number of nitrogens with one attached hydrogen (secondary N) is 1. The fraction of sp³-hybridized carbons (Fsp3) is 0.500. The maximum Gasteiger partial charge on any atom is 0.115 e. The van der Waals surface area contributed by atoms with E-state index in [9.17, 15) is 5.11 Å². The quantitative estimate of drug-likeness (QED) is 0.649. The second-order valence-electron chi connectivity index (χ2n) is 4.55. The lowest BCUT2D eigenvalue weighted by Gasteiger charge is -2.15. The topological polar surface area (TPSA) is 32.3 Å². The fourth-order valence-electron chi connectivity index (χ4n) is 2.55. The van der Waals surface area contributed by atoms with Gasteiger partial charge in [-0.1, -0.05) is 6.07 Å². The van der Waals surface area contributed by atoms with Crippen LogP contribution < -0.4 is 5.32 Å². The summed E-state index contributed by atoms with van der Waals surface area (Å²) in [5.74, 6) is 0.404. The van der Waals surface area contributed by atoms with Crippen molar-refractivity contribution in [2.24, 2.45) is 0 Å². The summed E-state index contributed by atoms with van der Waals surface area (Å²) in [5, 5.41) is 12.9. The van der Waals surface area contributed by atoms with Crippen LogP contribution in [0.2, 0.25) is 0 Å². The molecule has 0 bridgehead atoms. The summed E-state index contributed by atoms with van der Waals surface area (Å²) in [6.45, 7) is 2.16. The third kappa shape index (κ3) is 1.14. The number of hydrogen-bond acceptors (Lipinski definition) is 2. The summed E-state index contributed by atoms with van der Waals surface area (Å²) in [5.41, 5.74) is 3.23. The molecule has 0 saturated heterocycles. The van der Waals surface area contributed by atoms with Crippen LogP contribution in [0, 0.1) is 0 Å². The number of phenols is 1. The van der Waals surface area contributed by atoms with Gasteiger partial charge in [-0.25, -0.2) is 0 Å². The summed E-state index contributed by atoms with van der Waals surface area (Å²) in [7, 11) is 0. The van der Waals surface area contributed by atoms with E-state index < -0.39 is 0 Å². The summed E-state index contributed by atoms with van der Waals surface area (Å²) < 4.78 is 0. The summed E-state index contributed by atoms with van der Waals surface area (Å²) >= 11 is 0. The second kappa shape index (κ2) is 2.74. The first kappa shape index (κ1) is 8.30. The zero-order valence-electron chi connectivity index (χ0n) is 8.21. The zero-order valence-corrected chi connectivity index (χ0v) is 8.21. The van der Waals surface area contributed by atoms with Gasteiger partial charge in [-0.2, -0.15) is 0 Å². The molecule has 1 saturated carbocycles. The normalized spacial score (nSPS) is 22.9. The molecule has 2 heteroatoms. The van der Waals surface area contributed by atoms with E-state index in [0.29, 0.717) is 11.2 Å². The highest BCUT2D eigenvalue weighted by Crippen LogP contribution is 2.50. The van der Waals surface area contributed by atoms with Crippen LogP contribution in [0.25, 0.3) is 0 Å². The van der Waals surface area contributed by atoms with Crippen molar-refractivity contribution in [2.45, 2.75) is 24.7 Å². The largest absolute Gasteiger partial charge is 0.508 e. The zero-order chi connectivity index (χ0) is 9.60. The monoisotopic (exact) mass is 189 g/mol. The van der Waals surface area contributed by atoms with E-state index in [2.05, 4.69) is 11.4 Å². The van der Waals surface area contributed by atoms with E-state index in [-0.39, 0.29) is 0 Å². The molecular weight excluding hydrogens is 174 g/mol. The Morgan fingerprint density at radius 1 is 1.29 bits per heavy atom. The second-order valence-corrected chi connectivity index (χ2v) is 4.55. The van der Waals surface area contributed by atoms with Crippen LogP contribution in [0.4, 0.5) is 0 Å². The number of rotatable bonds is 0. The molecule has 1 aliphatic heterocycles. The van der Waals surface area contributed by atoms with Gasteiger partial charge in [-0.3, -0.25) is 0 Å². The molecule has 74 valence electrons. The first-order valence-electron chi connectivity index (χ1n) is 5.33. The Balaban J connectivity index is 2.11. The van der Waals surface area contributed by atoms with Crippen molar-refractivity contribution < 1.29 is 5.11 Å². The minimum atomic E-state index is 0.404. The molecule has 1 aromatic rings. The van der Waals surface area contributed by atoms with Crippen molar-refractivity contribution in [3.63, 3.8) is 0 Å². The first-order chi connectivity index (χ1) is 6.80. The predicted molar refractivity (Wildman–Crippen MR) is 55.6 cm³/mol. The van der Waals surface area contributed by atoms with Crippen molar-refractivity contribution in [1.29, 1.82) is 0 Å². The van der Waals surface area contributed by atoms with Crippen LogP contribution in [0.3, 0.4) is 0 Å². The van der Waals surface area contributed by atoms with Gasteiger partial charge in [0.05, 0.1) is 0 Å². The maximum atomic E-state index is 9.45. The average Bonchev–Trinajstić information content (AvgIpc) is 2.95. The molecule has 2 aliphatic rings. The molecule has 1 fully saturated rings. The standard InChI is InChI=1S/C12H15NO/c14-10-1-2-11-9(7-10)3-6-13-8-12(11)4-5-12/h1-2,7,13-14H,3-6,8H2. The van der Waals surface area contributed by atoms with Crippen molar-refractivity contribution in [3.05, 3.63) is 29.3 Å². The molecule has 0 unspecified atom stereocenters. The molecule has 1 aromatic carbocycles. The Morgan fingerprint density at radius 2 is 2.14 bits per heavy atom. The van der Waals surface area contributed by atoms with Gasteiger partial charge in [0.25, 0.3) is 0 Å². The Morgan fingerprint density at radius 3 is 2.93 bits per heavy atom. The lowest BCUT2D eigenvalue weighted by Crippen LogP contribution is -2.24. The van der Waals surface area contributed by atoms with E-state index in [1.54, 1.807) is 0 Å². The van der Waals surface area contributed by atoms with Crippen molar-refractivity contribution in [1.82, 2.24) is 5.32 Å². The van der Waals surface area contributed by atoms with Crippen LogP contribution >= 0.6 is 0 Å². The van der Waals surface area contributed by atoms with E-state index in [0.717, 1.165) is 19.5 Å². The molecule has 1 spiro atoms. The van der Waals surface area contributed by atoms with Crippen molar-refractivity contribution in [3.8, 4) is 5.75 Å². The molecule has 0 amide bonds. The molecule has 1 aliphatic carbocycles. The number of hydrogen-bond donors (Lipinski definition) is 2. The van der Waals surface area contributed by atoms with Gasteiger partial charge < -0.3 is 10.4 Å². The fourth-order valence-corrected chi connectivity index (χ4v) is 2.55. The molecule has 0 radical (unpaired) electrons. The van der Waals surface area contributed by atoms with Gasteiger partial charge in [0, 0.05) is 12.0 Å². The van der Waals surface area contributed by atoms with Crippen molar-refractivity contribution in [2.75, 3.05) is 13.1 Å². The third-order valence-corrected chi connectivity index (χ3v) is 3.55. The maximum absolute atomic E-state index is 9.45. The van der Waals surface area contributed by atoms with Crippen molar-refractivity contribution >= 4 is 0 Å². The van der Waals surface area contributed by atoms with E-state index in [4.69, 9.17) is 0 Å². The van der Waals surface area contributed by atoms with E-state index in [1.807, 2.05) is 12.1 Å². The van der Waals surface area contributed by atoms with Gasteiger partial charge in [0.2, 0.25) is 0 Å². The van der Waals surface area contributed by atoms with Crippen LogP contribution in [0.5, 0.6) is 5.75 Å². The molecule has 14 heavy (non-hydrogen) atoms. The molecule has 1 heterocycles. The number of phenolic OH excluding ortho intramolecular Hbond substituents is 1. The Hall–Kier alpha value is -1.02. The van der Waals surface area contributed by atoms with Crippen LogP contribution in [0.1, 0.15) is 24.0 Å². The number of fused-ring (bicyclic) bond motifs is 2. The van der Waals surface area contributed by atoms with Crippen LogP contribution in [0.15, 0.2) is 18.2 Å². The van der Waals surface area contributed by atoms with Crippen LogP contribution in [-0.2, 0) is 11.8 Å². The third-order valence-electron chi connectivity index (χ3n) is 3.55. The molecule has 3 rings (SSSR count). The Bertz CT molecular complexity index is 369. The van der Waals surface area contributed by atoms with Gasteiger partial charge in [0.1, 0.15) is 5.75 Å². The summed E-state index contributed by atoms with van der Waals surface area (Å²) in [6, 6.07) is 5.87. The van der Waals surface area contributed by atoms with E-state index in [1.165, 1.54) is 24.0 Å². The number of benzene rings is 1. The minimum absolute atomic E-state index is 0.404. The smallest absolute Gasteiger partial charge is 0.115 e. The highest BCUT2D eigenvalue weighted by atomic mass is 16.3. The molecule has 2 N–H and O–H groups in total. The number of aromatic hydroxyl groups is 1. The van der Waals surface area contributed by atoms with Gasteiger partial charge in [0.15, 0.2) is 0 Å². The van der Waals surface area contributed by atoms with Gasteiger partial charge >= 0.3 is 0 Å². The van der Waals surface area contributed by atoms with Gasteiger partial charge in [-0.15, -0.1) is 0 Å². The lowest BCUT2D eigenvalue weighted by atomic mass is 9.91. The Labute approximate surface area is 84.0 Å². The molecule has 0 aromatic heterocycles. The summed E-state index contributed by atoms with van der Waals surface area (Å²) in [6.07, 6.45) is 3.65. The minimum Gasteiger partial charge on any atom is -0.508 e. The SMILES string of the molecule is Oc1ccc2c(c1)CCNCC21CC1. The Kier molecular flexibility index (Phi) is 1.62. The average molecular weight is 189 g/mol. The first-order valence-corrected chi connectivity index (χ1v) is 5.33. The molecular formula is C12H15NO. The predicted octanol–water partition coefficient (Wildman–Crippen LogP) is 1.57. The summed E-state index contributed by atoms with van der Waals surface area (Å²) in [4.78, 5) is 0. The lowest BCUT2D eigenvalue weighted by molar-refractivity contribution is 0.474. The highest BCUT2D eigenvalue weighted by molar-refractivity contribution is 5.44. The molecule has 0 atom stereocenters.